The first-order valence-corrected chi connectivity index (χ1v) is 9.41. The third-order valence-electron chi connectivity index (χ3n) is 5.00. The molecule has 2 aromatic carbocycles. The molecule has 2 aliphatic rings. The van der Waals surface area contributed by atoms with Crippen molar-refractivity contribution in [1.29, 1.82) is 0 Å². The summed E-state index contributed by atoms with van der Waals surface area (Å²) in [6.45, 7) is 3.57. The highest BCUT2D eigenvalue weighted by atomic mass is 16.5. The molecule has 2 heterocycles. The smallest absolute Gasteiger partial charge is 0.255 e. The van der Waals surface area contributed by atoms with Crippen LogP contribution in [0.2, 0.25) is 0 Å². The largest absolute Gasteiger partial charge is 0.484 e. The van der Waals surface area contributed by atoms with Gasteiger partial charge in [0.15, 0.2) is 6.61 Å². The van der Waals surface area contributed by atoms with Crippen molar-refractivity contribution in [2.24, 2.45) is 16.8 Å². The highest BCUT2D eigenvalue weighted by Gasteiger charge is 2.56. The maximum Gasteiger partial charge on any atom is 0.255 e. The molecule has 0 radical (unpaired) electrons. The second kappa shape index (κ2) is 7.82. The minimum atomic E-state index is -0.736. The first-order valence-electron chi connectivity index (χ1n) is 9.41. The fourth-order valence-electron chi connectivity index (χ4n) is 3.69. The monoisotopic (exact) mass is 404 g/mol. The number of fused-ring (bicyclic) bond motifs is 1. The number of amides is 3. The van der Waals surface area contributed by atoms with Crippen LogP contribution in [-0.4, -0.2) is 47.5 Å². The summed E-state index contributed by atoms with van der Waals surface area (Å²) in [5.41, 5.74) is 7.02. The molecule has 0 bridgehead atoms. The molecule has 8 heteroatoms. The number of rotatable bonds is 7. The molecule has 0 saturated carbocycles. The number of para-hydroxylation sites is 1. The van der Waals surface area contributed by atoms with E-state index in [2.05, 4.69) is 11.7 Å². The number of carbonyl (C=O) groups excluding carboxylic acids is 3. The number of imide groups is 1. The van der Waals surface area contributed by atoms with Gasteiger partial charge in [0.1, 0.15) is 17.7 Å². The Balaban J connectivity index is 1.71. The predicted octanol–water partition coefficient (Wildman–Crippen LogP) is 1.31. The third kappa shape index (κ3) is 3.32. The van der Waals surface area contributed by atoms with Crippen molar-refractivity contribution < 1.29 is 19.1 Å². The summed E-state index contributed by atoms with van der Waals surface area (Å²) in [5, 5.41) is 6.27. The van der Waals surface area contributed by atoms with E-state index >= 15 is 0 Å². The Morgan fingerprint density at radius 2 is 1.80 bits per heavy atom. The van der Waals surface area contributed by atoms with Gasteiger partial charge in [0.2, 0.25) is 5.91 Å². The van der Waals surface area contributed by atoms with Crippen LogP contribution in [0, 0.1) is 5.92 Å². The minimum Gasteiger partial charge on any atom is -0.484 e. The number of hydrazone groups is 1. The second-order valence-corrected chi connectivity index (χ2v) is 6.94. The number of benzene rings is 2. The summed E-state index contributed by atoms with van der Waals surface area (Å²) in [7, 11) is 0. The number of likely N-dealkylation sites (tertiary alicyclic amines) is 1. The van der Waals surface area contributed by atoms with Crippen molar-refractivity contribution >= 4 is 29.1 Å². The van der Waals surface area contributed by atoms with Gasteiger partial charge < -0.3 is 10.5 Å². The lowest BCUT2D eigenvalue weighted by Crippen LogP contribution is -2.39. The number of nitrogens with two attached hydrogens (primary N) is 1. The van der Waals surface area contributed by atoms with Crippen LogP contribution in [0.1, 0.15) is 5.56 Å². The summed E-state index contributed by atoms with van der Waals surface area (Å²) in [5.74, 6) is -1.41. The molecule has 1 saturated heterocycles. The van der Waals surface area contributed by atoms with Crippen molar-refractivity contribution in [3.05, 3.63) is 72.8 Å². The number of nitrogens with zero attached hydrogens (tertiary/aromatic N) is 3. The summed E-state index contributed by atoms with van der Waals surface area (Å²) in [6.07, 6.45) is 1.53. The van der Waals surface area contributed by atoms with Crippen LogP contribution in [0.15, 0.2) is 72.4 Å². The van der Waals surface area contributed by atoms with E-state index in [1.54, 1.807) is 29.3 Å². The Bertz CT molecular complexity index is 1030. The van der Waals surface area contributed by atoms with Gasteiger partial charge in [-0.2, -0.15) is 5.10 Å². The van der Waals surface area contributed by atoms with Crippen LogP contribution in [0.4, 0.5) is 5.69 Å². The molecule has 3 amide bonds. The van der Waals surface area contributed by atoms with Crippen LogP contribution in [0.3, 0.4) is 0 Å². The van der Waals surface area contributed by atoms with Crippen LogP contribution in [-0.2, 0) is 14.4 Å². The number of ether oxygens (including phenoxy) is 1. The van der Waals surface area contributed by atoms with Gasteiger partial charge in [-0.1, -0.05) is 24.3 Å². The van der Waals surface area contributed by atoms with E-state index in [-0.39, 0.29) is 25.0 Å². The highest BCUT2D eigenvalue weighted by Crippen LogP contribution is 2.37. The van der Waals surface area contributed by atoms with E-state index in [1.165, 1.54) is 11.0 Å². The molecule has 2 atom stereocenters. The van der Waals surface area contributed by atoms with Crippen molar-refractivity contribution in [3.63, 3.8) is 0 Å². The Morgan fingerprint density at radius 1 is 1.10 bits per heavy atom. The second-order valence-electron chi connectivity index (χ2n) is 6.94. The quantitative estimate of drug-likeness (QED) is 0.553. The van der Waals surface area contributed by atoms with E-state index in [9.17, 15) is 14.4 Å². The molecule has 0 aromatic heterocycles. The molecule has 152 valence electrons. The fraction of sp³-hybridized carbons (Fsp3) is 0.182. The number of anilines is 1. The van der Waals surface area contributed by atoms with Crippen LogP contribution < -0.4 is 15.5 Å². The van der Waals surface area contributed by atoms with Crippen LogP contribution in [0.25, 0.3) is 0 Å². The van der Waals surface area contributed by atoms with Gasteiger partial charge in [-0.3, -0.25) is 24.3 Å². The topological polar surface area (TPSA) is 105 Å². The van der Waals surface area contributed by atoms with E-state index in [0.717, 1.165) is 5.69 Å². The minimum absolute atomic E-state index is 0.153. The first-order chi connectivity index (χ1) is 14.5. The summed E-state index contributed by atoms with van der Waals surface area (Å²) >= 11 is 0. The predicted molar refractivity (Wildman–Crippen MR) is 111 cm³/mol. The van der Waals surface area contributed by atoms with Gasteiger partial charge in [0.05, 0.1) is 11.4 Å². The van der Waals surface area contributed by atoms with Crippen molar-refractivity contribution in [1.82, 2.24) is 4.90 Å². The number of carbonyl (C=O) groups is 3. The molecular weight excluding hydrogens is 384 g/mol. The molecule has 30 heavy (non-hydrogen) atoms. The van der Waals surface area contributed by atoms with E-state index in [0.29, 0.717) is 17.0 Å². The molecule has 4 rings (SSSR count). The van der Waals surface area contributed by atoms with Crippen LogP contribution >= 0.6 is 0 Å². The molecule has 0 spiro atoms. The molecule has 2 N–H and O–H groups in total. The van der Waals surface area contributed by atoms with Gasteiger partial charge in [0, 0.05) is 6.54 Å². The zero-order valence-electron chi connectivity index (χ0n) is 16.1. The van der Waals surface area contributed by atoms with Gasteiger partial charge >= 0.3 is 0 Å². The fourth-order valence-corrected chi connectivity index (χ4v) is 3.69. The number of hydrogen-bond donors (Lipinski definition) is 1. The maximum absolute atomic E-state index is 13.1. The average Bonchev–Trinajstić information content (AvgIpc) is 3.26. The lowest BCUT2D eigenvalue weighted by molar-refractivity contribution is -0.138. The normalized spacial score (nSPS) is 20.2. The Hall–Kier alpha value is -3.94. The van der Waals surface area contributed by atoms with Gasteiger partial charge in [-0.05, 0) is 42.0 Å². The number of hydrogen-bond acceptors (Lipinski definition) is 6. The van der Waals surface area contributed by atoms with E-state index in [4.69, 9.17) is 10.5 Å². The molecule has 8 nitrogen and oxygen atoms in total. The zero-order valence-corrected chi connectivity index (χ0v) is 16.1. The Labute approximate surface area is 173 Å². The van der Waals surface area contributed by atoms with Crippen molar-refractivity contribution in [2.45, 2.75) is 6.04 Å². The van der Waals surface area contributed by atoms with Crippen molar-refractivity contribution in [3.8, 4) is 5.75 Å². The van der Waals surface area contributed by atoms with Crippen molar-refractivity contribution in [2.75, 3.05) is 18.2 Å². The highest BCUT2D eigenvalue weighted by molar-refractivity contribution is 6.25. The first kappa shape index (κ1) is 19.4. The van der Waals surface area contributed by atoms with E-state index < -0.39 is 17.9 Å². The zero-order chi connectivity index (χ0) is 21.3. The Kier molecular flexibility index (Phi) is 5.05. The Morgan fingerprint density at radius 3 is 2.43 bits per heavy atom. The third-order valence-corrected chi connectivity index (χ3v) is 5.00. The molecule has 2 unspecified atom stereocenters. The summed E-state index contributed by atoms with van der Waals surface area (Å²) in [6, 6.07) is 15.4. The molecule has 2 aromatic rings. The molecule has 0 aliphatic carbocycles. The average molecular weight is 404 g/mol. The maximum atomic E-state index is 13.1. The van der Waals surface area contributed by atoms with Gasteiger partial charge in [-0.15, -0.1) is 6.58 Å². The lowest BCUT2D eigenvalue weighted by atomic mass is 9.93. The van der Waals surface area contributed by atoms with Gasteiger partial charge in [0.25, 0.3) is 11.8 Å². The molecule has 1 fully saturated rings. The molecule has 2 aliphatic heterocycles. The van der Waals surface area contributed by atoms with E-state index in [1.807, 2.05) is 30.3 Å². The number of primary amides is 1. The van der Waals surface area contributed by atoms with Gasteiger partial charge in [-0.25, -0.2) is 0 Å². The standard InChI is InChI=1S/C22H20N4O4/c1-2-12-25-21(28)18-19(14-8-10-16(11-9-14)30-13-17(23)27)24-26(20(18)22(25)29)15-6-4-3-5-7-15/h2-11,18,20H,1,12-13H2,(H2,23,27). The SMILES string of the molecule is C=CCN1C(=O)C2C(c3ccc(OCC(N)=O)cc3)=NN(c3ccccc3)C2C1=O. The van der Waals surface area contributed by atoms with Crippen LogP contribution in [0.5, 0.6) is 5.75 Å². The molecular formula is C22H20N4O4. The summed E-state index contributed by atoms with van der Waals surface area (Å²) < 4.78 is 5.28. The summed E-state index contributed by atoms with van der Waals surface area (Å²) in [4.78, 5) is 38.2. The lowest BCUT2D eigenvalue weighted by Gasteiger charge is -2.21.